The lowest BCUT2D eigenvalue weighted by Gasteiger charge is -2.06. The molecule has 0 bridgehead atoms. The molecule has 2 heterocycles. The van der Waals surface area contributed by atoms with Gasteiger partial charge in [-0.2, -0.15) is 5.10 Å². The van der Waals surface area contributed by atoms with E-state index in [-0.39, 0.29) is 5.84 Å². The van der Waals surface area contributed by atoms with Gasteiger partial charge in [-0.05, 0) is 38.0 Å². The van der Waals surface area contributed by atoms with Gasteiger partial charge in [-0.3, -0.25) is 4.98 Å². The highest BCUT2D eigenvalue weighted by atomic mass is 16.4. The summed E-state index contributed by atoms with van der Waals surface area (Å²) in [5.74, 6) is -0.0147. The molecule has 0 aliphatic heterocycles. The number of rotatable bonds is 3. The van der Waals surface area contributed by atoms with Gasteiger partial charge in [-0.15, -0.1) is 0 Å². The van der Waals surface area contributed by atoms with Gasteiger partial charge in [0.2, 0.25) is 0 Å². The van der Waals surface area contributed by atoms with Crippen molar-refractivity contribution >= 4 is 5.84 Å². The van der Waals surface area contributed by atoms with Gasteiger partial charge in [0.1, 0.15) is 5.69 Å². The Labute approximate surface area is 111 Å². The van der Waals surface area contributed by atoms with E-state index in [9.17, 15) is 0 Å². The minimum atomic E-state index is -0.0147. The summed E-state index contributed by atoms with van der Waals surface area (Å²) in [6, 6.07) is 3.58. The van der Waals surface area contributed by atoms with Crippen molar-refractivity contribution in [3.8, 4) is 5.69 Å². The van der Waals surface area contributed by atoms with Gasteiger partial charge >= 0.3 is 0 Å². The summed E-state index contributed by atoms with van der Waals surface area (Å²) in [5, 5.41) is 16.2. The third-order valence-corrected chi connectivity index (χ3v) is 3.15. The molecule has 3 N–H and O–H groups in total. The lowest BCUT2D eigenvalue weighted by Crippen LogP contribution is -2.15. The monoisotopic (exact) mass is 259 g/mol. The van der Waals surface area contributed by atoms with Crippen molar-refractivity contribution in [3.63, 3.8) is 0 Å². The van der Waals surface area contributed by atoms with E-state index in [0.717, 1.165) is 23.5 Å². The van der Waals surface area contributed by atoms with Crippen LogP contribution in [0, 0.1) is 13.8 Å². The van der Waals surface area contributed by atoms with Crippen molar-refractivity contribution in [1.82, 2.24) is 14.8 Å². The van der Waals surface area contributed by atoms with E-state index in [2.05, 4.69) is 22.2 Å². The maximum atomic E-state index is 8.69. The van der Waals surface area contributed by atoms with E-state index in [1.165, 1.54) is 5.56 Å². The molecular weight excluding hydrogens is 242 g/mol. The van der Waals surface area contributed by atoms with Crippen LogP contribution in [0.15, 0.2) is 23.5 Å². The summed E-state index contributed by atoms with van der Waals surface area (Å²) < 4.78 is 1.85. The van der Waals surface area contributed by atoms with E-state index in [4.69, 9.17) is 10.9 Å². The van der Waals surface area contributed by atoms with Crippen molar-refractivity contribution in [2.24, 2.45) is 10.9 Å². The van der Waals surface area contributed by atoms with E-state index < -0.39 is 0 Å². The van der Waals surface area contributed by atoms with Crippen LogP contribution in [0.5, 0.6) is 0 Å². The average molecular weight is 259 g/mol. The molecular formula is C13H17N5O. The zero-order valence-electron chi connectivity index (χ0n) is 11.3. The molecule has 0 atom stereocenters. The number of pyridine rings is 1. The second-order valence-corrected chi connectivity index (χ2v) is 4.30. The first kappa shape index (κ1) is 13.1. The summed E-state index contributed by atoms with van der Waals surface area (Å²) in [4.78, 5) is 4.06. The van der Waals surface area contributed by atoms with Crippen molar-refractivity contribution in [3.05, 3.63) is 41.0 Å². The van der Waals surface area contributed by atoms with Crippen molar-refractivity contribution < 1.29 is 5.21 Å². The van der Waals surface area contributed by atoms with E-state index in [1.54, 1.807) is 12.3 Å². The van der Waals surface area contributed by atoms with Crippen LogP contribution in [0.25, 0.3) is 5.69 Å². The molecule has 0 aliphatic carbocycles. The third-order valence-electron chi connectivity index (χ3n) is 3.15. The van der Waals surface area contributed by atoms with Crippen molar-refractivity contribution in [1.29, 1.82) is 0 Å². The number of aryl methyl sites for hydroxylation is 1. The number of hydrogen-bond acceptors (Lipinski definition) is 4. The molecule has 0 saturated heterocycles. The summed E-state index contributed by atoms with van der Waals surface area (Å²) in [6.07, 6.45) is 2.56. The quantitative estimate of drug-likeness (QED) is 0.379. The summed E-state index contributed by atoms with van der Waals surface area (Å²) in [6.45, 7) is 6.13. The number of aromatic nitrogens is 3. The van der Waals surface area contributed by atoms with Gasteiger partial charge in [0.25, 0.3) is 0 Å². The van der Waals surface area contributed by atoms with Crippen LogP contribution in [-0.4, -0.2) is 25.8 Å². The fourth-order valence-electron chi connectivity index (χ4n) is 2.18. The first-order valence-electron chi connectivity index (χ1n) is 6.07. The molecule has 0 radical (unpaired) electrons. The van der Waals surface area contributed by atoms with Crippen LogP contribution in [0.1, 0.15) is 29.6 Å². The molecule has 0 saturated carbocycles. The number of oxime groups is 1. The van der Waals surface area contributed by atoms with Crippen LogP contribution < -0.4 is 5.73 Å². The van der Waals surface area contributed by atoms with Gasteiger partial charge in [0, 0.05) is 11.9 Å². The Kier molecular flexibility index (Phi) is 3.50. The fraction of sp³-hybridized carbons (Fsp3) is 0.308. The highest BCUT2D eigenvalue weighted by molar-refractivity contribution is 5.95. The Morgan fingerprint density at radius 3 is 2.79 bits per heavy atom. The van der Waals surface area contributed by atoms with Crippen LogP contribution >= 0.6 is 0 Å². The SMILES string of the molecule is CCc1c(C)nn(-c2ccnc(C(N)=NO)c2)c1C. The van der Waals surface area contributed by atoms with Gasteiger partial charge in [-0.1, -0.05) is 12.1 Å². The van der Waals surface area contributed by atoms with Gasteiger partial charge in [0.05, 0.1) is 11.4 Å². The normalized spacial score (nSPS) is 11.8. The van der Waals surface area contributed by atoms with E-state index in [0.29, 0.717) is 5.69 Å². The fourth-order valence-corrected chi connectivity index (χ4v) is 2.18. The van der Waals surface area contributed by atoms with E-state index >= 15 is 0 Å². The Morgan fingerprint density at radius 1 is 1.47 bits per heavy atom. The largest absolute Gasteiger partial charge is 0.409 e. The first-order chi connectivity index (χ1) is 9.08. The van der Waals surface area contributed by atoms with Crippen LogP contribution in [0.2, 0.25) is 0 Å². The molecule has 6 nitrogen and oxygen atoms in total. The number of hydrogen-bond donors (Lipinski definition) is 2. The molecule has 6 heteroatoms. The van der Waals surface area contributed by atoms with Crippen LogP contribution in [-0.2, 0) is 6.42 Å². The second-order valence-electron chi connectivity index (χ2n) is 4.30. The van der Waals surface area contributed by atoms with Crippen molar-refractivity contribution in [2.45, 2.75) is 27.2 Å². The van der Waals surface area contributed by atoms with Gasteiger partial charge in [0.15, 0.2) is 5.84 Å². The molecule has 0 unspecified atom stereocenters. The summed E-state index contributed by atoms with van der Waals surface area (Å²) in [7, 11) is 0. The maximum absolute atomic E-state index is 8.69. The molecule has 100 valence electrons. The highest BCUT2D eigenvalue weighted by Gasteiger charge is 2.12. The topological polar surface area (TPSA) is 89.3 Å². The zero-order chi connectivity index (χ0) is 14.0. The third kappa shape index (κ3) is 2.29. The minimum Gasteiger partial charge on any atom is -0.409 e. The molecule has 2 rings (SSSR count). The number of nitrogens with two attached hydrogens (primary N) is 1. The second kappa shape index (κ2) is 5.09. The van der Waals surface area contributed by atoms with Gasteiger partial charge in [-0.25, -0.2) is 4.68 Å². The Hall–Kier alpha value is -2.37. The lowest BCUT2D eigenvalue weighted by atomic mass is 10.1. The molecule has 19 heavy (non-hydrogen) atoms. The molecule has 0 fully saturated rings. The first-order valence-corrected chi connectivity index (χ1v) is 6.07. The maximum Gasteiger partial charge on any atom is 0.188 e. The minimum absolute atomic E-state index is 0.0147. The number of nitrogens with zero attached hydrogens (tertiary/aromatic N) is 4. The number of amidine groups is 1. The summed E-state index contributed by atoms with van der Waals surface area (Å²) in [5.41, 5.74) is 10.2. The predicted octanol–water partition coefficient (Wildman–Crippen LogP) is 1.54. The van der Waals surface area contributed by atoms with Crippen molar-refractivity contribution in [2.75, 3.05) is 0 Å². The molecule has 0 spiro atoms. The lowest BCUT2D eigenvalue weighted by molar-refractivity contribution is 0.318. The smallest absolute Gasteiger partial charge is 0.188 e. The highest BCUT2D eigenvalue weighted by Crippen LogP contribution is 2.18. The predicted molar refractivity (Wildman–Crippen MR) is 72.7 cm³/mol. The molecule has 0 amide bonds. The summed E-state index contributed by atoms with van der Waals surface area (Å²) >= 11 is 0. The zero-order valence-corrected chi connectivity index (χ0v) is 11.3. The van der Waals surface area contributed by atoms with Gasteiger partial charge < -0.3 is 10.9 Å². The Bertz CT molecular complexity index is 630. The average Bonchev–Trinajstić information content (AvgIpc) is 2.72. The molecule has 2 aromatic heterocycles. The molecule has 2 aromatic rings. The molecule has 0 aliphatic rings. The Balaban J connectivity index is 2.54. The molecule has 0 aromatic carbocycles. The van der Waals surface area contributed by atoms with Crippen LogP contribution in [0.4, 0.5) is 0 Å². The standard InChI is InChI=1S/C13H17N5O/c1-4-11-8(2)16-18(9(11)3)10-5-6-15-12(7-10)13(14)17-19/h5-7,19H,4H2,1-3H3,(H2,14,17). The van der Waals surface area contributed by atoms with Crippen LogP contribution in [0.3, 0.4) is 0 Å². The Morgan fingerprint density at radius 2 is 2.21 bits per heavy atom. The van der Waals surface area contributed by atoms with E-state index in [1.807, 2.05) is 24.6 Å².